The Hall–Kier alpha value is -1.64. The SMILES string of the molecule is CCOCc1ccccc1CNCc1cccc(C)c1C. The molecule has 0 saturated heterocycles. The zero-order valence-corrected chi connectivity index (χ0v) is 13.3. The fourth-order valence-electron chi connectivity index (χ4n) is 2.42. The maximum absolute atomic E-state index is 5.53. The molecule has 0 heterocycles. The van der Waals surface area contributed by atoms with E-state index in [1.807, 2.05) is 6.92 Å². The van der Waals surface area contributed by atoms with Crippen molar-refractivity contribution in [1.82, 2.24) is 5.32 Å². The molecule has 0 aromatic heterocycles. The maximum atomic E-state index is 5.53. The van der Waals surface area contributed by atoms with Crippen LogP contribution in [-0.4, -0.2) is 6.61 Å². The summed E-state index contributed by atoms with van der Waals surface area (Å²) in [5, 5.41) is 3.55. The highest BCUT2D eigenvalue weighted by atomic mass is 16.5. The standard InChI is InChI=1S/C19H25NO/c1-4-21-14-19-10-6-5-9-18(19)13-20-12-17-11-7-8-15(2)16(17)3/h5-11,20H,4,12-14H2,1-3H3. The summed E-state index contributed by atoms with van der Waals surface area (Å²) in [5.74, 6) is 0. The average Bonchev–Trinajstić information content (AvgIpc) is 2.50. The molecule has 112 valence electrons. The van der Waals surface area contributed by atoms with Gasteiger partial charge in [0.15, 0.2) is 0 Å². The van der Waals surface area contributed by atoms with Gasteiger partial charge in [-0.25, -0.2) is 0 Å². The molecule has 0 aliphatic heterocycles. The summed E-state index contributed by atoms with van der Waals surface area (Å²) in [6.45, 7) is 9.60. The number of nitrogens with one attached hydrogen (secondary N) is 1. The van der Waals surface area contributed by atoms with Crippen LogP contribution in [0.4, 0.5) is 0 Å². The van der Waals surface area contributed by atoms with Gasteiger partial charge in [0.2, 0.25) is 0 Å². The van der Waals surface area contributed by atoms with Crippen LogP contribution in [0, 0.1) is 13.8 Å². The number of ether oxygens (including phenoxy) is 1. The number of hydrogen-bond acceptors (Lipinski definition) is 2. The van der Waals surface area contributed by atoms with Gasteiger partial charge in [-0.2, -0.15) is 0 Å². The number of aryl methyl sites for hydroxylation is 1. The van der Waals surface area contributed by atoms with Crippen molar-refractivity contribution < 1.29 is 4.74 Å². The van der Waals surface area contributed by atoms with Crippen LogP contribution in [-0.2, 0) is 24.4 Å². The summed E-state index contributed by atoms with van der Waals surface area (Å²) < 4.78 is 5.53. The Morgan fingerprint density at radius 2 is 1.52 bits per heavy atom. The Labute approximate surface area is 128 Å². The van der Waals surface area contributed by atoms with Crippen LogP contribution in [0.5, 0.6) is 0 Å². The lowest BCUT2D eigenvalue weighted by molar-refractivity contribution is 0.133. The molecular formula is C19H25NO. The van der Waals surface area contributed by atoms with Gasteiger partial charge in [0, 0.05) is 19.7 Å². The Kier molecular flexibility index (Phi) is 5.97. The number of benzene rings is 2. The quantitative estimate of drug-likeness (QED) is 0.825. The molecule has 1 N–H and O–H groups in total. The van der Waals surface area contributed by atoms with Crippen LogP contribution in [0.15, 0.2) is 42.5 Å². The van der Waals surface area contributed by atoms with Gasteiger partial charge in [-0.3, -0.25) is 0 Å². The second-order valence-corrected chi connectivity index (χ2v) is 5.37. The lowest BCUT2D eigenvalue weighted by atomic mass is 10.0. The van der Waals surface area contributed by atoms with Crippen molar-refractivity contribution in [2.45, 2.75) is 40.5 Å². The first-order chi connectivity index (χ1) is 10.2. The van der Waals surface area contributed by atoms with Crippen LogP contribution in [0.25, 0.3) is 0 Å². The van der Waals surface area contributed by atoms with Gasteiger partial charge in [0.25, 0.3) is 0 Å². The monoisotopic (exact) mass is 283 g/mol. The molecule has 0 spiro atoms. The van der Waals surface area contributed by atoms with Crippen LogP contribution in [0.2, 0.25) is 0 Å². The zero-order valence-electron chi connectivity index (χ0n) is 13.3. The van der Waals surface area contributed by atoms with E-state index in [0.29, 0.717) is 6.61 Å². The van der Waals surface area contributed by atoms with Crippen LogP contribution >= 0.6 is 0 Å². The van der Waals surface area contributed by atoms with Gasteiger partial charge in [0.05, 0.1) is 6.61 Å². The van der Waals surface area contributed by atoms with E-state index in [4.69, 9.17) is 4.74 Å². The largest absolute Gasteiger partial charge is 0.377 e. The van der Waals surface area contributed by atoms with Crippen molar-refractivity contribution in [1.29, 1.82) is 0 Å². The van der Waals surface area contributed by atoms with E-state index in [0.717, 1.165) is 19.7 Å². The molecule has 2 aromatic carbocycles. The van der Waals surface area contributed by atoms with Gasteiger partial charge in [-0.05, 0) is 48.6 Å². The second kappa shape index (κ2) is 7.96. The summed E-state index contributed by atoms with van der Waals surface area (Å²) in [6, 6.07) is 15.0. The second-order valence-electron chi connectivity index (χ2n) is 5.37. The van der Waals surface area contributed by atoms with E-state index in [1.54, 1.807) is 0 Å². The molecule has 0 aliphatic rings. The Bertz CT molecular complexity index is 578. The smallest absolute Gasteiger partial charge is 0.0719 e. The molecule has 0 atom stereocenters. The van der Waals surface area contributed by atoms with Gasteiger partial charge in [-0.1, -0.05) is 42.5 Å². The summed E-state index contributed by atoms with van der Waals surface area (Å²) in [7, 11) is 0. The van der Waals surface area contributed by atoms with Crippen molar-refractivity contribution >= 4 is 0 Å². The first-order valence-corrected chi connectivity index (χ1v) is 7.62. The highest BCUT2D eigenvalue weighted by Crippen LogP contribution is 2.14. The number of rotatable bonds is 7. The maximum Gasteiger partial charge on any atom is 0.0719 e. The topological polar surface area (TPSA) is 21.3 Å². The highest BCUT2D eigenvalue weighted by molar-refractivity contribution is 5.33. The Balaban J connectivity index is 1.95. The third kappa shape index (κ3) is 4.42. The predicted octanol–water partition coefficient (Wildman–Crippen LogP) is 4.13. The van der Waals surface area contributed by atoms with E-state index in [-0.39, 0.29) is 0 Å². The molecule has 0 radical (unpaired) electrons. The molecule has 2 aromatic rings. The minimum absolute atomic E-state index is 0.692. The highest BCUT2D eigenvalue weighted by Gasteiger charge is 2.03. The minimum Gasteiger partial charge on any atom is -0.377 e. The zero-order chi connectivity index (χ0) is 15.1. The van der Waals surface area contributed by atoms with E-state index in [9.17, 15) is 0 Å². The van der Waals surface area contributed by atoms with Crippen LogP contribution < -0.4 is 5.32 Å². The van der Waals surface area contributed by atoms with Crippen LogP contribution in [0.3, 0.4) is 0 Å². The lowest BCUT2D eigenvalue weighted by Gasteiger charge is -2.12. The molecule has 2 heteroatoms. The van der Waals surface area contributed by atoms with Crippen molar-refractivity contribution in [3.8, 4) is 0 Å². The third-order valence-corrected chi connectivity index (χ3v) is 3.93. The lowest BCUT2D eigenvalue weighted by Crippen LogP contribution is -2.15. The molecule has 2 rings (SSSR count). The Morgan fingerprint density at radius 1 is 0.857 bits per heavy atom. The Morgan fingerprint density at radius 3 is 2.29 bits per heavy atom. The molecular weight excluding hydrogens is 258 g/mol. The van der Waals surface area contributed by atoms with Gasteiger partial charge in [0.1, 0.15) is 0 Å². The van der Waals surface area contributed by atoms with Crippen molar-refractivity contribution in [3.05, 3.63) is 70.3 Å². The molecule has 0 unspecified atom stereocenters. The first-order valence-electron chi connectivity index (χ1n) is 7.62. The van der Waals surface area contributed by atoms with E-state index >= 15 is 0 Å². The third-order valence-electron chi connectivity index (χ3n) is 3.93. The van der Waals surface area contributed by atoms with Crippen molar-refractivity contribution in [2.75, 3.05) is 6.61 Å². The normalized spacial score (nSPS) is 10.8. The van der Waals surface area contributed by atoms with Crippen molar-refractivity contribution in [3.63, 3.8) is 0 Å². The summed E-state index contributed by atoms with van der Waals surface area (Å²) in [5.41, 5.74) is 6.69. The molecule has 0 bridgehead atoms. The van der Waals surface area contributed by atoms with E-state index in [1.165, 1.54) is 27.8 Å². The summed E-state index contributed by atoms with van der Waals surface area (Å²) in [6.07, 6.45) is 0. The fourth-order valence-corrected chi connectivity index (χ4v) is 2.42. The van der Waals surface area contributed by atoms with E-state index in [2.05, 4.69) is 61.6 Å². The summed E-state index contributed by atoms with van der Waals surface area (Å²) >= 11 is 0. The molecule has 0 aliphatic carbocycles. The minimum atomic E-state index is 0.692. The molecule has 0 amide bonds. The summed E-state index contributed by atoms with van der Waals surface area (Å²) in [4.78, 5) is 0. The molecule has 0 fully saturated rings. The predicted molar refractivity (Wildman–Crippen MR) is 88.2 cm³/mol. The van der Waals surface area contributed by atoms with Crippen LogP contribution in [0.1, 0.15) is 34.7 Å². The number of hydrogen-bond donors (Lipinski definition) is 1. The van der Waals surface area contributed by atoms with Crippen molar-refractivity contribution in [2.24, 2.45) is 0 Å². The molecule has 0 saturated carbocycles. The van der Waals surface area contributed by atoms with E-state index < -0.39 is 0 Å². The van der Waals surface area contributed by atoms with Gasteiger partial charge >= 0.3 is 0 Å². The van der Waals surface area contributed by atoms with Gasteiger partial charge < -0.3 is 10.1 Å². The first kappa shape index (κ1) is 15.7. The molecule has 21 heavy (non-hydrogen) atoms. The average molecular weight is 283 g/mol. The van der Waals surface area contributed by atoms with Gasteiger partial charge in [-0.15, -0.1) is 0 Å². The molecule has 2 nitrogen and oxygen atoms in total. The fraction of sp³-hybridized carbons (Fsp3) is 0.368.